The molecule has 0 amide bonds. The SMILES string of the molecule is c1ccc2c(c1)CN1CCCN21. The van der Waals surface area contributed by atoms with Crippen molar-refractivity contribution in [3.8, 4) is 0 Å². The summed E-state index contributed by atoms with van der Waals surface area (Å²) < 4.78 is 0. The van der Waals surface area contributed by atoms with Crippen LogP contribution in [0.2, 0.25) is 0 Å². The van der Waals surface area contributed by atoms with E-state index in [1.807, 2.05) is 0 Å². The van der Waals surface area contributed by atoms with E-state index in [1.165, 1.54) is 30.8 Å². The fraction of sp³-hybridized carbons (Fsp3) is 0.400. The third-order valence-corrected chi connectivity index (χ3v) is 2.75. The lowest BCUT2D eigenvalue weighted by atomic mass is 10.2. The molecule has 1 aromatic carbocycles. The van der Waals surface area contributed by atoms with Gasteiger partial charge in [0, 0.05) is 19.6 Å². The number of para-hydroxylation sites is 1. The van der Waals surface area contributed by atoms with Crippen LogP contribution in [0.5, 0.6) is 0 Å². The molecule has 0 aliphatic carbocycles. The van der Waals surface area contributed by atoms with E-state index in [-0.39, 0.29) is 0 Å². The van der Waals surface area contributed by atoms with Crippen LogP contribution in [-0.2, 0) is 6.54 Å². The average molecular weight is 160 g/mol. The van der Waals surface area contributed by atoms with Gasteiger partial charge in [0.05, 0.1) is 5.69 Å². The van der Waals surface area contributed by atoms with Gasteiger partial charge in [0.1, 0.15) is 0 Å². The van der Waals surface area contributed by atoms with Gasteiger partial charge >= 0.3 is 0 Å². The summed E-state index contributed by atoms with van der Waals surface area (Å²) in [5.74, 6) is 0. The molecule has 0 aromatic heterocycles. The second kappa shape index (κ2) is 2.23. The highest BCUT2D eigenvalue weighted by Crippen LogP contribution is 2.33. The van der Waals surface area contributed by atoms with Crippen molar-refractivity contribution in [3.63, 3.8) is 0 Å². The Balaban J connectivity index is 2.09. The fourth-order valence-corrected chi connectivity index (χ4v) is 2.20. The van der Waals surface area contributed by atoms with Gasteiger partial charge in [-0.1, -0.05) is 18.2 Å². The Labute approximate surface area is 72.4 Å². The lowest BCUT2D eigenvalue weighted by Crippen LogP contribution is -2.29. The van der Waals surface area contributed by atoms with Crippen LogP contribution in [0, 0.1) is 0 Å². The second-order valence-corrected chi connectivity index (χ2v) is 3.49. The first-order valence-electron chi connectivity index (χ1n) is 4.55. The van der Waals surface area contributed by atoms with E-state index in [9.17, 15) is 0 Å². The first kappa shape index (κ1) is 6.49. The molecular formula is C10H12N2. The molecule has 0 spiro atoms. The van der Waals surface area contributed by atoms with Crippen LogP contribution in [-0.4, -0.2) is 18.1 Å². The van der Waals surface area contributed by atoms with E-state index in [0.29, 0.717) is 0 Å². The first-order chi connectivity index (χ1) is 5.95. The van der Waals surface area contributed by atoms with E-state index < -0.39 is 0 Å². The van der Waals surface area contributed by atoms with Crippen LogP contribution < -0.4 is 5.01 Å². The quantitative estimate of drug-likeness (QED) is 0.569. The summed E-state index contributed by atoms with van der Waals surface area (Å²) in [5, 5.41) is 4.85. The van der Waals surface area contributed by atoms with Crippen LogP contribution in [0.1, 0.15) is 12.0 Å². The highest BCUT2D eigenvalue weighted by atomic mass is 15.7. The van der Waals surface area contributed by atoms with Crippen molar-refractivity contribution in [3.05, 3.63) is 29.8 Å². The van der Waals surface area contributed by atoms with Gasteiger partial charge in [-0.25, -0.2) is 5.01 Å². The number of anilines is 1. The number of rotatable bonds is 0. The minimum Gasteiger partial charge on any atom is -0.305 e. The third kappa shape index (κ3) is 0.730. The average Bonchev–Trinajstić information content (AvgIpc) is 2.62. The standard InChI is InChI=1S/C10H12N2/c1-2-5-10-9(4-1)8-11-6-3-7-12(10)11/h1-2,4-5H,3,6-8H2. The molecule has 2 aliphatic heterocycles. The molecule has 1 saturated heterocycles. The molecule has 0 unspecified atom stereocenters. The van der Waals surface area contributed by atoms with E-state index in [4.69, 9.17) is 0 Å². The fourth-order valence-electron chi connectivity index (χ4n) is 2.20. The van der Waals surface area contributed by atoms with E-state index >= 15 is 0 Å². The van der Waals surface area contributed by atoms with Crippen LogP contribution >= 0.6 is 0 Å². The van der Waals surface area contributed by atoms with Gasteiger partial charge in [0.25, 0.3) is 0 Å². The van der Waals surface area contributed by atoms with Gasteiger partial charge in [-0.15, -0.1) is 0 Å². The predicted molar refractivity (Wildman–Crippen MR) is 48.8 cm³/mol. The lowest BCUT2D eigenvalue weighted by Gasteiger charge is -2.20. The van der Waals surface area contributed by atoms with Gasteiger partial charge in [-0.3, -0.25) is 0 Å². The molecule has 2 aliphatic rings. The Bertz CT molecular complexity index is 308. The third-order valence-electron chi connectivity index (χ3n) is 2.75. The Morgan fingerprint density at radius 3 is 3.00 bits per heavy atom. The van der Waals surface area contributed by atoms with Crippen molar-refractivity contribution in [1.29, 1.82) is 0 Å². The van der Waals surface area contributed by atoms with E-state index in [1.54, 1.807) is 0 Å². The monoisotopic (exact) mass is 160 g/mol. The molecule has 2 heteroatoms. The molecule has 12 heavy (non-hydrogen) atoms. The van der Waals surface area contributed by atoms with Gasteiger partial charge in [0.15, 0.2) is 0 Å². The molecule has 1 fully saturated rings. The summed E-state index contributed by atoms with van der Waals surface area (Å²) in [4.78, 5) is 0. The van der Waals surface area contributed by atoms with E-state index in [0.717, 1.165) is 6.54 Å². The zero-order chi connectivity index (χ0) is 7.97. The molecule has 1 aromatic rings. The molecule has 2 nitrogen and oxygen atoms in total. The molecule has 3 rings (SSSR count). The van der Waals surface area contributed by atoms with Crippen molar-refractivity contribution in [2.75, 3.05) is 18.1 Å². The molecule has 2 heterocycles. The molecule has 0 radical (unpaired) electrons. The van der Waals surface area contributed by atoms with Crippen LogP contribution in [0.4, 0.5) is 5.69 Å². The second-order valence-electron chi connectivity index (χ2n) is 3.49. The summed E-state index contributed by atoms with van der Waals surface area (Å²) in [6.07, 6.45) is 1.31. The molecular weight excluding hydrogens is 148 g/mol. The zero-order valence-electron chi connectivity index (χ0n) is 7.03. The van der Waals surface area contributed by atoms with E-state index in [2.05, 4.69) is 34.3 Å². The minimum atomic E-state index is 1.12. The molecule has 0 atom stereocenters. The lowest BCUT2D eigenvalue weighted by molar-refractivity contribution is 0.329. The number of hydrogen-bond acceptors (Lipinski definition) is 2. The van der Waals surface area contributed by atoms with Gasteiger partial charge in [-0.05, 0) is 18.1 Å². The summed E-state index contributed by atoms with van der Waals surface area (Å²) >= 11 is 0. The molecule has 0 bridgehead atoms. The number of benzene rings is 1. The summed E-state index contributed by atoms with van der Waals surface area (Å²) in [5.41, 5.74) is 2.91. The van der Waals surface area contributed by atoms with Gasteiger partial charge in [0.2, 0.25) is 0 Å². The molecule has 0 N–H and O–H groups in total. The zero-order valence-corrected chi connectivity index (χ0v) is 7.03. The number of fused-ring (bicyclic) bond motifs is 3. The van der Waals surface area contributed by atoms with Crippen molar-refractivity contribution >= 4 is 5.69 Å². The topological polar surface area (TPSA) is 6.48 Å². The van der Waals surface area contributed by atoms with Crippen molar-refractivity contribution < 1.29 is 0 Å². The summed E-state index contributed by atoms with van der Waals surface area (Å²) in [7, 11) is 0. The normalized spacial score (nSPS) is 21.2. The molecule has 0 saturated carbocycles. The highest BCUT2D eigenvalue weighted by Gasteiger charge is 2.29. The smallest absolute Gasteiger partial charge is 0.0568 e. The van der Waals surface area contributed by atoms with Crippen molar-refractivity contribution in [2.24, 2.45) is 0 Å². The minimum absolute atomic E-state index is 1.12. The molecule has 62 valence electrons. The number of hydrazine groups is 1. The maximum atomic E-state index is 2.44. The Hall–Kier alpha value is -1.02. The van der Waals surface area contributed by atoms with Gasteiger partial charge < -0.3 is 5.01 Å². The van der Waals surface area contributed by atoms with Crippen LogP contribution in [0.15, 0.2) is 24.3 Å². The van der Waals surface area contributed by atoms with Crippen molar-refractivity contribution in [1.82, 2.24) is 5.01 Å². The predicted octanol–water partition coefficient (Wildman–Crippen LogP) is 1.63. The number of hydrogen-bond donors (Lipinski definition) is 0. The van der Waals surface area contributed by atoms with Crippen LogP contribution in [0.25, 0.3) is 0 Å². The first-order valence-corrected chi connectivity index (χ1v) is 4.55. The Morgan fingerprint density at radius 1 is 1.08 bits per heavy atom. The summed E-state index contributed by atoms with van der Waals surface area (Å²) in [6, 6.07) is 8.71. The Kier molecular flexibility index (Phi) is 1.21. The maximum Gasteiger partial charge on any atom is 0.0568 e. The van der Waals surface area contributed by atoms with Crippen molar-refractivity contribution in [2.45, 2.75) is 13.0 Å². The largest absolute Gasteiger partial charge is 0.305 e. The maximum absolute atomic E-state index is 2.44. The summed E-state index contributed by atoms with van der Waals surface area (Å²) in [6.45, 7) is 3.56. The Morgan fingerprint density at radius 2 is 2.00 bits per heavy atom. The highest BCUT2D eigenvalue weighted by molar-refractivity contribution is 5.56. The van der Waals surface area contributed by atoms with Gasteiger partial charge in [-0.2, -0.15) is 0 Å². The van der Waals surface area contributed by atoms with Crippen LogP contribution in [0.3, 0.4) is 0 Å². The number of nitrogens with zero attached hydrogens (tertiary/aromatic N) is 2.